The van der Waals surface area contributed by atoms with Crippen molar-refractivity contribution in [3.05, 3.63) is 58.6 Å². The van der Waals surface area contributed by atoms with E-state index in [0.29, 0.717) is 6.54 Å². The number of carbonyl (C=O) groups is 2. The molecular weight excluding hydrogens is 376 g/mol. The zero-order chi connectivity index (χ0) is 20.1. The highest BCUT2D eigenvalue weighted by atomic mass is 35.5. The van der Waals surface area contributed by atoms with Gasteiger partial charge in [0.1, 0.15) is 6.54 Å². The summed E-state index contributed by atoms with van der Waals surface area (Å²) in [6.07, 6.45) is 1.75. The van der Waals surface area contributed by atoms with Gasteiger partial charge in [0.25, 0.3) is 0 Å². The van der Waals surface area contributed by atoms with Crippen LogP contribution in [0.15, 0.2) is 42.5 Å². The number of halogens is 1. The van der Waals surface area contributed by atoms with Gasteiger partial charge in [-0.15, -0.1) is 0 Å². The first-order valence-corrected chi connectivity index (χ1v) is 9.80. The van der Waals surface area contributed by atoms with Crippen LogP contribution in [0.5, 0.6) is 0 Å². The molecule has 0 bridgehead atoms. The van der Waals surface area contributed by atoms with E-state index < -0.39 is 5.97 Å². The zero-order valence-corrected chi connectivity index (χ0v) is 17.0. The molecule has 1 atom stereocenters. The molecule has 1 N–H and O–H groups in total. The zero-order valence-electron chi connectivity index (χ0n) is 16.2. The van der Waals surface area contributed by atoms with Gasteiger partial charge < -0.3 is 10.1 Å². The number of amides is 1. The highest BCUT2D eigenvalue weighted by Crippen LogP contribution is 2.27. The molecule has 0 aromatic heterocycles. The summed E-state index contributed by atoms with van der Waals surface area (Å²) >= 11 is 6.27. The average Bonchev–Trinajstić information content (AvgIpc) is 3.16. The number of rotatable bonds is 6. The monoisotopic (exact) mass is 400 g/mol. The number of likely N-dealkylation sites (tertiary alicyclic amines) is 1. The Labute approximate surface area is 170 Å². The van der Waals surface area contributed by atoms with Crippen LogP contribution in [-0.2, 0) is 20.9 Å². The molecule has 1 aliphatic heterocycles. The molecule has 1 fully saturated rings. The van der Waals surface area contributed by atoms with Crippen LogP contribution in [0.25, 0.3) is 11.1 Å². The fourth-order valence-electron chi connectivity index (χ4n) is 3.52. The summed E-state index contributed by atoms with van der Waals surface area (Å²) in [6.45, 7) is 3.44. The quantitative estimate of drug-likeness (QED) is 0.753. The van der Waals surface area contributed by atoms with Gasteiger partial charge in [-0.1, -0.05) is 41.9 Å². The lowest BCUT2D eigenvalue weighted by Crippen LogP contribution is -2.44. The molecule has 0 radical (unpaired) electrons. The molecule has 1 amide bonds. The molecular formula is C22H25ClN2O3. The van der Waals surface area contributed by atoms with Crippen LogP contribution < -0.4 is 5.32 Å². The van der Waals surface area contributed by atoms with Crippen molar-refractivity contribution in [2.24, 2.45) is 0 Å². The topological polar surface area (TPSA) is 58.6 Å². The van der Waals surface area contributed by atoms with Crippen molar-refractivity contribution in [2.45, 2.75) is 32.4 Å². The molecule has 2 aromatic carbocycles. The Kier molecular flexibility index (Phi) is 6.70. The Balaban J connectivity index is 1.69. The number of nitrogens with one attached hydrogen (secondary N) is 1. The predicted octanol–water partition coefficient (Wildman–Crippen LogP) is 3.57. The highest BCUT2D eigenvalue weighted by Gasteiger charge is 2.30. The van der Waals surface area contributed by atoms with Gasteiger partial charge in [-0.2, -0.15) is 0 Å². The lowest BCUT2D eigenvalue weighted by molar-refractivity contribution is -0.141. The molecule has 0 spiro atoms. The average molecular weight is 401 g/mol. The van der Waals surface area contributed by atoms with E-state index in [1.54, 1.807) is 0 Å². The smallest absolute Gasteiger partial charge is 0.325 e. The van der Waals surface area contributed by atoms with E-state index in [2.05, 4.69) is 39.2 Å². The van der Waals surface area contributed by atoms with Gasteiger partial charge in [-0.25, -0.2) is 0 Å². The summed E-state index contributed by atoms with van der Waals surface area (Å²) < 4.78 is 4.58. The second kappa shape index (κ2) is 9.22. The summed E-state index contributed by atoms with van der Waals surface area (Å²) in [4.78, 5) is 25.9. The van der Waals surface area contributed by atoms with Crippen LogP contribution in [0.4, 0.5) is 0 Å². The Bertz CT molecular complexity index is 869. The van der Waals surface area contributed by atoms with Crippen molar-refractivity contribution in [1.29, 1.82) is 0 Å². The van der Waals surface area contributed by atoms with Crippen molar-refractivity contribution in [1.82, 2.24) is 10.2 Å². The standard InChI is InChI=1S/C22H25ClN2O3/c1-15-8-9-18(12-19(15)23)17-6-3-5-16(11-17)14-25-10-4-7-20(25)22(27)24-13-21(26)28-2/h3,5-6,8-9,11-12,20H,4,7,10,13-14H2,1-2H3,(H,24,27). The Morgan fingerprint density at radius 3 is 2.75 bits per heavy atom. The normalized spacial score (nSPS) is 16.8. The van der Waals surface area contributed by atoms with E-state index in [1.165, 1.54) is 7.11 Å². The summed E-state index contributed by atoms with van der Waals surface area (Å²) in [7, 11) is 1.31. The Hall–Kier alpha value is -2.37. The van der Waals surface area contributed by atoms with Crippen molar-refractivity contribution >= 4 is 23.5 Å². The minimum absolute atomic E-state index is 0.0939. The van der Waals surface area contributed by atoms with Crippen LogP contribution in [0.1, 0.15) is 24.0 Å². The molecule has 0 saturated carbocycles. The summed E-state index contributed by atoms with van der Waals surface area (Å²) in [5.74, 6) is -0.563. The van der Waals surface area contributed by atoms with E-state index in [1.807, 2.05) is 25.1 Å². The maximum atomic E-state index is 12.4. The van der Waals surface area contributed by atoms with E-state index >= 15 is 0 Å². The van der Waals surface area contributed by atoms with Crippen LogP contribution in [-0.4, -0.2) is 43.0 Å². The first kappa shape index (κ1) is 20.4. The maximum Gasteiger partial charge on any atom is 0.325 e. The van der Waals surface area contributed by atoms with Gasteiger partial charge in [-0.05, 0) is 60.7 Å². The fourth-order valence-corrected chi connectivity index (χ4v) is 3.70. The van der Waals surface area contributed by atoms with Gasteiger partial charge in [0.15, 0.2) is 0 Å². The molecule has 148 valence electrons. The number of aryl methyl sites for hydroxylation is 1. The van der Waals surface area contributed by atoms with E-state index in [4.69, 9.17) is 11.6 Å². The van der Waals surface area contributed by atoms with Crippen molar-refractivity contribution in [2.75, 3.05) is 20.2 Å². The predicted molar refractivity (Wildman–Crippen MR) is 110 cm³/mol. The minimum Gasteiger partial charge on any atom is -0.468 e. The third-order valence-electron chi connectivity index (χ3n) is 5.12. The number of carbonyl (C=O) groups excluding carboxylic acids is 2. The van der Waals surface area contributed by atoms with Crippen LogP contribution in [0.3, 0.4) is 0 Å². The molecule has 28 heavy (non-hydrogen) atoms. The minimum atomic E-state index is -0.442. The van der Waals surface area contributed by atoms with Crippen LogP contribution in [0.2, 0.25) is 5.02 Å². The maximum absolute atomic E-state index is 12.4. The molecule has 3 rings (SSSR count). The number of hydrogen-bond acceptors (Lipinski definition) is 4. The van der Waals surface area contributed by atoms with Crippen molar-refractivity contribution < 1.29 is 14.3 Å². The van der Waals surface area contributed by atoms with Gasteiger partial charge in [0.2, 0.25) is 5.91 Å². The second-order valence-electron chi connectivity index (χ2n) is 7.09. The lowest BCUT2D eigenvalue weighted by Gasteiger charge is -2.23. The molecule has 1 unspecified atom stereocenters. The largest absolute Gasteiger partial charge is 0.468 e. The summed E-state index contributed by atoms with van der Waals surface area (Å²) in [6, 6.07) is 14.2. The highest BCUT2D eigenvalue weighted by molar-refractivity contribution is 6.31. The van der Waals surface area contributed by atoms with Gasteiger partial charge in [-0.3, -0.25) is 14.5 Å². The molecule has 1 heterocycles. The van der Waals surface area contributed by atoms with Gasteiger partial charge in [0, 0.05) is 11.6 Å². The molecule has 0 aliphatic carbocycles. The summed E-state index contributed by atoms with van der Waals surface area (Å²) in [5.41, 5.74) is 4.37. The molecule has 1 aliphatic rings. The van der Waals surface area contributed by atoms with Crippen molar-refractivity contribution in [3.63, 3.8) is 0 Å². The van der Waals surface area contributed by atoms with Crippen LogP contribution >= 0.6 is 11.6 Å². The number of benzene rings is 2. The molecule has 6 heteroatoms. The first-order chi connectivity index (χ1) is 13.5. The van der Waals surface area contributed by atoms with E-state index in [-0.39, 0.29) is 18.5 Å². The third kappa shape index (κ3) is 4.91. The summed E-state index contributed by atoms with van der Waals surface area (Å²) in [5, 5.41) is 3.42. The van der Waals surface area contributed by atoms with Gasteiger partial charge >= 0.3 is 5.97 Å². The number of hydrogen-bond donors (Lipinski definition) is 1. The Morgan fingerprint density at radius 1 is 1.21 bits per heavy atom. The fraction of sp³-hybridized carbons (Fsp3) is 0.364. The number of methoxy groups -OCH3 is 1. The lowest BCUT2D eigenvalue weighted by atomic mass is 10.0. The second-order valence-corrected chi connectivity index (χ2v) is 7.49. The SMILES string of the molecule is COC(=O)CNC(=O)C1CCCN1Cc1cccc(-c2ccc(C)c(Cl)c2)c1. The van der Waals surface area contributed by atoms with Crippen molar-refractivity contribution in [3.8, 4) is 11.1 Å². The molecule has 2 aromatic rings. The molecule has 5 nitrogen and oxygen atoms in total. The Morgan fingerprint density at radius 2 is 2.00 bits per heavy atom. The van der Waals surface area contributed by atoms with Gasteiger partial charge in [0.05, 0.1) is 13.2 Å². The number of nitrogens with zero attached hydrogens (tertiary/aromatic N) is 1. The van der Waals surface area contributed by atoms with Crippen LogP contribution in [0, 0.1) is 6.92 Å². The first-order valence-electron chi connectivity index (χ1n) is 9.42. The number of ether oxygens (including phenoxy) is 1. The van der Waals surface area contributed by atoms with E-state index in [0.717, 1.165) is 46.7 Å². The molecule has 1 saturated heterocycles. The van der Waals surface area contributed by atoms with E-state index in [9.17, 15) is 9.59 Å². The number of esters is 1. The third-order valence-corrected chi connectivity index (χ3v) is 5.53.